The number of unbranched alkanes of at least 4 members (excludes halogenated alkanes) is 6. The summed E-state index contributed by atoms with van der Waals surface area (Å²) in [5.41, 5.74) is 0. The van der Waals surface area contributed by atoms with Crippen molar-refractivity contribution < 1.29 is 70.8 Å². The summed E-state index contributed by atoms with van der Waals surface area (Å²) in [6, 6.07) is 0. The van der Waals surface area contributed by atoms with Crippen molar-refractivity contribution in [3.8, 4) is 0 Å². The number of carbonyl (C=O) groups is 2. The molecule has 0 aliphatic carbocycles. The summed E-state index contributed by atoms with van der Waals surface area (Å²) in [6.07, 6.45) is 7.83. The molecule has 0 radical (unpaired) electrons. The van der Waals surface area contributed by atoms with Gasteiger partial charge < -0.3 is 14.6 Å². The summed E-state index contributed by atoms with van der Waals surface area (Å²) >= 11 is 0. The predicted octanol–water partition coefficient (Wildman–Crippen LogP) is -1.19. The smallest absolute Gasteiger partial charge is 0.550 e. The van der Waals surface area contributed by atoms with Crippen LogP contribution in [-0.4, -0.2) is 18.5 Å². The van der Waals surface area contributed by atoms with Gasteiger partial charge in [0.1, 0.15) is 0 Å². The van der Waals surface area contributed by atoms with Gasteiger partial charge in [0.25, 0.3) is 0 Å². The van der Waals surface area contributed by atoms with E-state index in [2.05, 4.69) is 6.92 Å². The van der Waals surface area contributed by atoms with E-state index in [1.54, 1.807) is 0 Å². The van der Waals surface area contributed by atoms with Crippen LogP contribution in [0.15, 0.2) is 0 Å². The summed E-state index contributed by atoms with van der Waals surface area (Å²) in [7, 11) is 0. The minimum atomic E-state index is -1.21. The van der Waals surface area contributed by atoms with Gasteiger partial charge in [-0.15, -0.1) is 0 Å². The Hall–Kier alpha value is 0.576. The molecule has 0 spiro atoms. The molecule has 0 saturated heterocycles. The summed E-state index contributed by atoms with van der Waals surface area (Å²) in [6.45, 7) is 2.59. The van der Waals surface area contributed by atoms with Crippen molar-refractivity contribution in [3.63, 3.8) is 0 Å². The van der Waals surface area contributed by atoms with Gasteiger partial charge in [-0.05, 0) is 12.8 Å². The molecule has 0 N–H and O–H groups in total. The maximum absolute atomic E-state index is 11.0. The van der Waals surface area contributed by atoms with Gasteiger partial charge in [-0.2, -0.15) is 0 Å². The van der Waals surface area contributed by atoms with Gasteiger partial charge in [0.15, 0.2) is 0 Å². The van der Waals surface area contributed by atoms with Gasteiger partial charge >= 0.3 is 57.4 Å². The Labute approximate surface area is 152 Å². The van der Waals surface area contributed by atoms with E-state index in [4.69, 9.17) is 4.74 Å². The first-order valence-corrected chi connectivity index (χ1v) is 6.52. The van der Waals surface area contributed by atoms with Gasteiger partial charge in [-0.25, -0.2) is 0 Å². The van der Waals surface area contributed by atoms with E-state index < -0.39 is 11.9 Å². The molecular weight excluding hydrogens is 259 g/mol. The monoisotopic (exact) mass is 282 g/mol. The van der Waals surface area contributed by atoms with Gasteiger partial charge in [0, 0.05) is 5.97 Å². The quantitative estimate of drug-likeness (QED) is 0.272. The second kappa shape index (κ2) is 15.6. The first kappa shape index (κ1) is 20.9. The molecule has 0 aromatic carbocycles. The number of hydrogen-bond donors (Lipinski definition) is 0. The van der Waals surface area contributed by atoms with Crippen molar-refractivity contribution in [1.82, 2.24) is 0 Å². The molecule has 0 aromatic rings. The van der Waals surface area contributed by atoms with Crippen molar-refractivity contribution in [3.05, 3.63) is 0 Å². The van der Waals surface area contributed by atoms with E-state index in [9.17, 15) is 14.7 Å². The Morgan fingerprint density at radius 2 is 1.50 bits per heavy atom. The summed E-state index contributed by atoms with van der Waals surface area (Å²) in [5.74, 6) is -1.65. The Morgan fingerprint density at radius 3 is 2.06 bits per heavy atom. The average Bonchev–Trinajstić information content (AvgIpc) is 2.30. The van der Waals surface area contributed by atoms with E-state index in [-0.39, 0.29) is 64.2 Å². The summed E-state index contributed by atoms with van der Waals surface area (Å²) in [4.78, 5) is 21.1. The number of esters is 1. The van der Waals surface area contributed by atoms with Gasteiger partial charge in [-0.3, -0.25) is 4.79 Å². The topological polar surface area (TPSA) is 66.4 Å². The number of carboxylic acids is 1. The maximum atomic E-state index is 11.0. The van der Waals surface area contributed by atoms with Crippen molar-refractivity contribution in [2.24, 2.45) is 0 Å². The van der Waals surface area contributed by atoms with Gasteiger partial charge in [0.05, 0.1) is 13.0 Å². The molecule has 100 valence electrons. The molecule has 18 heavy (non-hydrogen) atoms. The molecule has 0 aromatic heterocycles. The molecule has 0 amide bonds. The van der Waals surface area contributed by atoms with Crippen LogP contribution < -0.4 is 56.5 Å². The van der Waals surface area contributed by atoms with Crippen LogP contribution in [0.25, 0.3) is 0 Å². The minimum absolute atomic E-state index is 0. The molecule has 0 saturated carbocycles. The van der Waals surface area contributed by atoms with E-state index in [1.165, 1.54) is 32.1 Å². The minimum Gasteiger partial charge on any atom is -0.550 e. The first-order valence-electron chi connectivity index (χ1n) is 6.52. The van der Waals surface area contributed by atoms with Crippen LogP contribution in [0, 0.1) is 0 Å². The molecule has 5 heteroatoms. The third-order valence-corrected chi connectivity index (χ3v) is 2.54. The number of hydrogen-bond acceptors (Lipinski definition) is 4. The Balaban J connectivity index is 0. The second-order valence-corrected chi connectivity index (χ2v) is 4.21. The fraction of sp³-hybridized carbons (Fsp3) is 0.846. The fourth-order valence-corrected chi connectivity index (χ4v) is 1.52. The fourth-order valence-electron chi connectivity index (χ4n) is 1.52. The molecule has 0 fully saturated rings. The first-order chi connectivity index (χ1) is 8.16. The SMILES string of the molecule is CCCCCCCCCOC(=O)CCC(=O)[O-].[K+]. The zero-order chi connectivity index (χ0) is 12.9. The number of ether oxygens (including phenoxy) is 1. The number of aliphatic carboxylic acids is 1. The van der Waals surface area contributed by atoms with Crippen LogP contribution in [0.4, 0.5) is 0 Å². The molecule has 0 rings (SSSR count). The largest absolute Gasteiger partial charge is 1.00 e. The molecule has 4 nitrogen and oxygen atoms in total. The maximum Gasteiger partial charge on any atom is 1.00 e. The van der Waals surface area contributed by atoms with E-state index in [0.717, 1.165) is 12.8 Å². The standard InChI is InChI=1S/C13H24O4.K/c1-2-3-4-5-6-7-8-11-17-13(16)10-9-12(14)15;/h2-11H2,1H3,(H,14,15);/q;+1/p-1. The van der Waals surface area contributed by atoms with Crippen LogP contribution in [0.1, 0.15) is 64.7 Å². The van der Waals surface area contributed by atoms with E-state index in [0.29, 0.717) is 6.61 Å². The Bertz CT molecular complexity index is 219. The number of rotatable bonds is 11. The molecule has 0 heterocycles. The zero-order valence-corrected chi connectivity index (χ0v) is 14.8. The van der Waals surface area contributed by atoms with E-state index >= 15 is 0 Å². The number of carboxylic acid groups (broad SMARTS) is 1. The number of carbonyl (C=O) groups excluding carboxylic acids is 2. The normalized spacial score (nSPS) is 9.61. The van der Waals surface area contributed by atoms with Crippen LogP contribution in [0.5, 0.6) is 0 Å². The third kappa shape index (κ3) is 16.6. The third-order valence-electron chi connectivity index (χ3n) is 2.54. The molecule has 0 bridgehead atoms. The predicted molar refractivity (Wildman–Crippen MR) is 63.2 cm³/mol. The van der Waals surface area contributed by atoms with Crippen molar-refractivity contribution >= 4 is 11.9 Å². The van der Waals surface area contributed by atoms with Crippen LogP contribution in [-0.2, 0) is 14.3 Å². The average molecular weight is 282 g/mol. The van der Waals surface area contributed by atoms with Crippen molar-refractivity contribution in [2.45, 2.75) is 64.7 Å². The Kier molecular flexibility index (Phi) is 18.1. The second-order valence-electron chi connectivity index (χ2n) is 4.21. The zero-order valence-electron chi connectivity index (χ0n) is 11.7. The van der Waals surface area contributed by atoms with Crippen LogP contribution in [0.3, 0.4) is 0 Å². The molecule has 0 atom stereocenters. The molecule has 0 aliphatic rings. The summed E-state index contributed by atoms with van der Waals surface area (Å²) < 4.78 is 4.89. The molecule has 0 unspecified atom stereocenters. The van der Waals surface area contributed by atoms with Crippen LogP contribution in [0.2, 0.25) is 0 Å². The van der Waals surface area contributed by atoms with Gasteiger partial charge in [0.2, 0.25) is 0 Å². The van der Waals surface area contributed by atoms with Gasteiger partial charge in [-0.1, -0.05) is 45.4 Å². The summed E-state index contributed by atoms with van der Waals surface area (Å²) in [5, 5.41) is 10.1. The van der Waals surface area contributed by atoms with Crippen LogP contribution >= 0.6 is 0 Å². The van der Waals surface area contributed by atoms with Crippen molar-refractivity contribution in [2.75, 3.05) is 6.61 Å². The van der Waals surface area contributed by atoms with E-state index in [1.807, 2.05) is 0 Å². The molecular formula is C13H23KO4. The van der Waals surface area contributed by atoms with Crippen molar-refractivity contribution in [1.29, 1.82) is 0 Å². The molecule has 0 aliphatic heterocycles. The Morgan fingerprint density at radius 1 is 0.944 bits per heavy atom.